The van der Waals surface area contributed by atoms with Crippen LogP contribution in [0.5, 0.6) is 0 Å². The minimum Gasteiger partial charge on any atom is -0.360 e. The number of alkyl halides is 1. The molecule has 3 N–H and O–H groups in total. The molecule has 0 aromatic carbocycles. The van der Waals surface area contributed by atoms with Gasteiger partial charge in [0, 0.05) is 25.5 Å². The van der Waals surface area contributed by atoms with E-state index in [1.807, 2.05) is 48.5 Å². The Kier molecular flexibility index (Phi) is 6.95. The monoisotopic (exact) mass is 406 g/mol. The quantitative estimate of drug-likeness (QED) is 0.436. The lowest BCUT2D eigenvalue weighted by Crippen LogP contribution is -2.20. The van der Waals surface area contributed by atoms with Crippen LogP contribution in [0, 0.1) is 12.8 Å². The molecule has 0 amide bonds. The molecular formula is C21H23FN8. The number of rotatable bonds is 5. The Labute approximate surface area is 174 Å². The SMILES string of the molecule is C#C.CN(Cc1ccc2[nH]ccc2n1)c1nccc(Nc2ccn[nH]2)n1.FC1CC1. The molecule has 0 aliphatic heterocycles. The van der Waals surface area contributed by atoms with Gasteiger partial charge in [0.1, 0.15) is 17.8 Å². The number of hydrogen-bond acceptors (Lipinski definition) is 6. The molecule has 9 heteroatoms. The van der Waals surface area contributed by atoms with Crippen LogP contribution >= 0.6 is 0 Å². The minimum absolute atomic E-state index is 0.417. The molecule has 154 valence electrons. The zero-order valence-electron chi connectivity index (χ0n) is 16.6. The van der Waals surface area contributed by atoms with Crippen LogP contribution in [-0.2, 0) is 6.54 Å². The predicted octanol–water partition coefficient (Wildman–Crippen LogP) is 3.82. The number of aromatic amines is 2. The van der Waals surface area contributed by atoms with Crippen LogP contribution in [-0.4, -0.2) is 43.4 Å². The number of aromatic nitrogens is 6. The van der Waals surface area contributed by atoms with E-state index in [-0.39, 0.29) is 0 Å². The smallest absolute Gasteiger partial charge is 0.227 e. The van der Waals surface area contributed by atoms with Gasteiger partial charge in [-0.25, -0.2) is 14.4 Å². The fourth-order valence-electron chi connectivity index (χ4n) is 2.51. The molecule has 5 rings (SSSR count). The second-order valence-electron chi connectivity index (χ2n) is 6.58. The second kappa shape index (κ2) is 10.0. The largest absolute Gasteiger partial charge is 0.360 e. The molecule has 0 spiro atoms. The lowest BCUT2D eigenvalue weighted by atomic mass is 10.3. The summed E-state index contributed by atoms with van der Waals surface area (Å²) >= 11 is 0. The van der Waals surface area contributed by atoms with Gasteiger partial charge in [0.25, 0.3) is 0 Å². The highest BCUT2D eigenvalue weighted by atomic mass is 19.1. The van der Waals surface area contributed by atoms with Crippen molar-refractivity contribution in [1.29, 1.82) is 0 Å². The van der Waals surface area contributed by atoms with E-state index >= 15 is 0 Å². The van der Waals surface area contributed by atoms with Gasteiger partial charge in [0.05, 0.1) is 29.5 Å². The van der Waals surface area contributed by atoms with Crippen molar-refractivity contribution >= 4 is 28.6 Å². The molecule has 8 nitrogen and oxygen atoms in total. The van der Waals surface area contributed by atoms with Crippen molar-refractivity contribution in [3.8, 4) is 12.8 Å². The molecule has 30 heavy (non-hydrogen) atoms. The van der Waals surface area contributed by atoms with Gasteiger partial charge in [-0.3, -0.25) is 5.10 Å². The normalized spacial score (nSPS) is 12.3. The van der Waals surface area contributed by atoms with Gasteiger partial charge in [0.2, 0.25) is 5.95 Å². The molecule has 4 heterocycles. The maximum atomic E-state index is 11.1. The van der Waals surface area contributed by atoms with Crippen LogP contribution in [0.15, 0.2) is 48.9 Å². The van der Waals surface area contributed by atoms with Gasteiger partial charge in [0.15, 0.2) is 0 Å². The molecule has 1 aliphatic rings. The van der Waals surface area contributed by atoms with Gasteiger partial charge in [-0.15, -0.1) is 12.8 Å². The molecule has 1 aliphatic carbocycles. The first-order chi connectivity index (χ1) is 14.7. The Hall–Kier alpha value is -3.93. The van der Waals surface area contributed by atoms with Crippen LogP contribution in [0.1, 0.15) is 18.5 Å². The third-order valence-corrected chi connectivity index (χ3v) is 4.12. The van der Waals surface area contributed by atoms with E-state index in [1.165, 1.54) is 0 Å². The van der Waals surface area contributed by atoms with Crippen LogP contribution < -0.4 is 10.2 Å². The first kappa shape index (κ1) is 20.8. The number of anilines is 3. The Bertz CT molecular complexity index is 1070. The van der Waals surface area contributed by atoms with Crippen molar-refractivity contribution < 1.29 is 4.39 Å². The Balaban J connectivity index is 0.000000375. The standard InChI is InChI=1S/C16H16N8.C3H5F.C2H2/c1-24(10-11-2-3-12-13(20-11)4-7-17-12)16-18-8-5-14(22-16)21-15-6-9-19-23-15;4-3-1-2-3;1-2/h2-9,17H,10H2,1H3,(H2,18,19,21,22,23);3H,1-2H2;1-2H. The summed E-state index contributed by atoms with van der Waals surface area (Å²) in [6, 6.07) is 9.64. The summed E-state index contributed by atoms with van der Waals surface area (Å²) < 4.78 is 11.1. The number of nitrogens with zero attached hydrogens (tertiary/aromatic N) is 5. The summed E-state index contributed by atoms with van der Waals surface area (Å²) in [5, 5.41) is 9.89. The lowest BCUT2D eigenvalue weighted by molar-refractivity contribution is 0.480. The number of halogens is 1. The van der Waals surface area contributed by atoms with Crippen LogP contribution in [0.3, 0.4) is 0 Å². The molecule has 1 fully saturated rings. The third-order valence-electron chi connectivity index (χ3n) is 4.12. The third kappa shape index (κ3) is 5.78. The topological polar surface area (TPSA) is 98.4 Å². The molecule has 0 saturated heterocycles. The Morgan fingerprint density at radius 1 is 1.13 bits per heavy atom. The number of nitrogens with one attached hydrogen (secondary N) is 3. The van der Waals surface area contributed by atoms with E-state index in [2.05, 4.69) is 48.3 Å². The van der Waals surface area contributed by atoms with Crippen LogP contribution in [0.2, 0.25) is 0 Å². The van der Waals surface area contributed by atoms with Crippen LogP contribution in [0.25, 0.3) is 11.0 Å². The van der Waals surface area contributed by atoms with Gasteiger partial charge in [-0.1, -0.05) is 0 Å². The highest BCUT2D eigenvalue weighted by molar-refractivity contribution is 5.74. The van der Waals surface area contributed by atoms with Crippen molar-refractivity contribution in [2.24, 2.45) is 0 Å². The molecule has 0 bridgehead atoms. The average Bonchev–Trinajstić information content (AvgIpc) is 3.21. The van der Waals surface area contributed by atoms with E-state index < -0.39 is 6.17 Å². The first-order valence-electron chi connectivity index (χ1n) is 9.38. The predicted molar refractivity (Wildman–Crippen MR) is 116 cm³/mol. The maximum absolute atomic E-state index is 11.1. The summed E-state index contributed by atoms with van der Waals surface area (Å²) in [6.45, 7) is 0.620. The van der Waals surface area contributed by atoms with Gasteiger partial charge in [-0.05, 0) is 37.1 Å². The van der Waals surface area contributed by atoms with Crippen molar-refractivity contribution in [2.45, 2.75) is 25.6 Å². The maximum Gasteiger partial charge on any atom is 0.227 e. The number of fused-ring (bicyclic) bond motifs is 1. The van der Waals surface area contributed by atoms with Crippen molar-refractivity contribution in [2.75, 3.05) is 17.3 Å². The summed E-state index contributed by atoms with van der Waals surface area (Å²) in [6.07, 6.45) is 14.5. The molecule has 0 unspecified atom stereocenters. The van der Waals surface area contributed by atoms with Crippen LogP contribution in [0.4, 0.5) is 22.0 Å². The molecule has 0 radical (unpaired) electrons. The van der Waals surface area contributed by atoms with Gasteiger partial charge in [-0.2, -0.15) is 10.1 Å². The lowest BCUT2D eigenvalue weighted by Gasteiger charge is -2.17. The van der Waals surface area contributed by atoms with E-state index in [4.69, 9.17) is 0 Å². The number of H-pyrrole nitrogens is 2. The molecule has 1 saturated carbocycles. The summed E-state index contributed by atoms with van der Waals surface area (Å²) in [7, 11) is 1.94. The number of terminal acetylenes is 1. The highest BCUT2D eigenvalue weighted by Gasteiger charge is 2.18. The van der Waals surface area contributed by atoms with E-state index in [0.717, 1.165) is 35.4 Å². The summed E-state index contributed by atoms with van der Waals surface area (Å²) in [5.74, 6) is 2.10. The van der Waals surface area contributed by atoms with E-state index in [1.54, 1.807) is 12.4 Å². The molecule has 4 aromatic heterocycles. The number of hydrogen-bond donors (Lipinski definition) is 3. The minimum atomic E-state index is -0.417. The summed E-state index contributed by atoms with van der Waals surface area (Å²) in [5.41, 5.74) is 2.94. The van der Waals surface area contributed by atoms with E-state index in [9.17, 15) is 4.39 Å². The average molecular weight is 406 g/mol. The molecule has 0 atom stereocenters. The van der Waals surface area contributed by atoms with Crippen molar-refractivity contribution in [1.82, 2.24) is 30.1 Å². The summed E-state index contributed by atoms with van der Waals surface area (Å²) in [4.78, 5) is 18.6. The molecule has 4 aromatic rings. The zero-order chi connectivity index (χ0) is 21.3. The highest BCUT2D eigenvalue weighted by Crippen LogP contribution is 2.22. The Morgan fingerprint density at radius 3 is 2.63 bits per heavy atom. The zero-order valence-corrected chi connectivity index (χ0v) is 16.6. The van der Waals surface area contributed by atoms with Crippen molar-refractivity contribution in [3.63, 3.8) is 0 Å². The number of pyridine rings is 1. The first-order valence-corrected chi connectivity index (χ1v) is 9.38. The van der Waals surface area contributed by atoms with Gasteiger partial charge >= 0.3 is 0 Å². The van der Waals surface area contributed by atoms with Crippen molar-refractivity contribution in [3.05, 3.63) is 54.6 Å². The van der Waals surface area contributed by atoms with Gasteiger partial charge < -0.3 is 15.2 Å². The fourth-order valence-corrected chi connectivity index (χ4v) is 2.51. The molecular weight excluding hydrogens is 383 g/mol. The Morgan fingerprint density at radius 2 is 1.93 bits per heavy atom. The second-order valence-corrected chi connectivity index (χ2v) is 6.58. The van der Waals surface area contributed by atoms with E-state index in [0.29, 0.717) is 18.3 Å². The fraction of sp³-hybridized carbons (Fsp3) is 0.238.